The molecule has 4 atom stereocenters. The zero-order valence-electron chi connectivity index (χ0n) is 17.6. The Labute approximate surface area is 154 Å². The van der Waals surface area contributed by atoms with Crippen LogP contribution in [0.15, 0.2) is 0 Å². The maximum Gasteiger partial charge on any atom is -0.0386 e. The molecule has 0 saturated heterocycles. The first-order chi connectivity index (χ1) is 11.7. The van der Waals surface area contributed by atoms with Crippen LogP contribution in [0, 0.1) is 23.7 Å². The Kier molecular flexibility index (Phi) is 13.0. The summed E-state index contributed by atoms with van der Waals surface area (Å²) in [6.07, 6.45) is 23.6. The Morgan fingerprint density at radius 3 is 2.21 bits per heavy atom. The Morgan fingerprint density at radius 1 is 0.833 bits per heavy atom. The van der Waals surface area contributed by atoms with Gasteiger partial charge >= 0.3 is 0 Å². The van der Waals surface area contributed by atoms with Crippen molar-refractivity contribution < 1.29 is 0 Å². The van der Waals surface area contributed by atoms with Crippen LogP contribution in [0.2, 0.25) is 0 Å². The molecule has 1 rings (SSSR count). The maximum absolute atomic E-state index is 2.55. The number of unbranched alkanes of at least 4 members (excludes halogenated alkanes) is 6. The van der Waals surface area contributed by atoms with Gasteiger partial charge in [0, 0.05) is 0 Å². The molecule has 0 aromatic carbocycles. The standard InChI is InChI=1S/C24H48/c1-5-8-10-12-16-22(7-3)19-23-17-14-15-21(4)24(20-23)18-13-11-9-6-2/h21-24H,5-20H2,1-4H3. The molecule has 0 heteroatoms. The van der Waals surface area contributed by atoms with E-state index in [-0.39, 0.29) is 0 Å². The average Bonchev–Trinajstić information content (AvgIpc) is 2.76. The minimum Gasteiger partial charge on any atom is -0.0654 e. The maximum atomic E-state index is 2.55. The van der Waals surface area contributed by atoms with Crippen LogP contribution in [0.3, 0.4) is 0 Å². The molecule has 24 heavy (non-hydrogen) atoms. The van der Waals surface area contributed by atoms with Gasteiger partial charge in [0.15, 0.2) is 0 Å². The van der Waals surface area contributed by atoms with Crippen molar-refractivity contribution in [2.45, 2.75) is 130 Å². The molecule has 0 radical (unpaired) electrons. The quantitative estimate of drug-likeness (QED) is 0.233. The van der Waals surface area contributed by atoms with Crippen molar-refractivity contribution in [2.24, 2.45) is 23.7 Å². The molecular weight excluding hydrogens is 288 g/mol. The summed E-state index contributed by atoms with van der Waals surface area (Å²) in [6, 6.07) is 0. The van der Waals surface area contributed by atoms with E-state index in [2.05, 4.69) is 27.7 Å². The van der Waals surface area contributed by atoms with E-state index in [1.54, 1.807) is 12.8 Å². The van der Waals surface area contributed by atoms with Gasteiger partial charge in [-0.3, -0.25) is 0 Å². The minimum atomic E-state index is 0.987. The van der Waals surface area contributed by atoms with E-state index in [1.807, 2.05) is 0 Å². The van der Waals surface area contributed by atoms with Crippen LogP contribution in [-0.2, 0) is 0 Å². The summed E-state index contributed by atoms with van der Waals surface area (Å²) >= 11 is 0. The predicted molar refractivity (Wildman–Crippen MR) is 111 cm³/mol. The van der Waals surface area contributed by atoms with E-state index < -0.39 is 0 Å². The molecule has 0 spiro atoms. The van der Waals surface area contributed by atoms with E-state index in [0.717, 1.165) is 23.7 Å². The highest BCUT2D eigenvalue weighted by molar-refractivity contribution is 4.78. The molecule has 144 valence electrons. The lowest BCUT2D eigenvalue weighted by Gasteiger charge is -2.27. The third-order valence-electron chi connectivity index (χ3n) is 6.85. The van der Waals surface area contributed by atoms with Gasteiger partial charge in [0.2, 0.25) is 0 Å². The fourth-order valence-corrected chi connectivity index (χ4v) is 5.01. The third-order valence-corrected chi connectivity index (χ3v) is 6.85. The Bertz CT molecular complexity index is 269. The Hall–Kier alpha value is 0. The molecule has 1 aliphatic carbocycles. The molecule has 0 aromatic rings. The summed E-state index contributed by atoms with van der Waals surface area (Å²) in [4.78, 5) is 0. The monoisotopic (exact) mass is 336 g/mol. The van der Waals surface area contributed by atoms with E-state index in [1.165, 1.54) is 89.9 Å². The van der Waals surface area contributed by atoms with Gasteiger partial charge in [0.25, 0.3) is 0 Å². The van der Waals surface area contributed by atoms with Gasteiger partial charge in [-0.2, -0.15) is 0 Å². The highest BCUT2D eigenvalue weighted by Crippen LogP contribution is 2.38. The van der Waals surface area contributed by atoms with Gasteiger partial charge in [-0.1, -0.05) is 118 Å². The lowest BCUT2D eigenvalue weighted by molar-refractivity contribution is 0.246. The fourth-order valence-electron chi connectivity index (χ4n) is 5.01. The van der Waals surface area contributed by atoms with E-state index in [0.29, 0.717) is 0 Å². The molecular formula is C24H48. The van der Waals surface area contributed by atoms with Crippen molar-refractivity contribution >= 4 is 0 Å². The molecule has 1 aliphatic rings. The Balaban J connectivity index is 2.38. The first-order valence-electron chi connectivity index (χ1n) is 11.7. The van der Waals surface area contributed by atoms with E-state index >= 15 is 0 Å². The summed E-state index contributed by atoms with van der Waals surface area (Å²) in [5.74, 6) is 4.08. The minimum absolute atomic E-state index is 0.987. The SMILES string of the molecule is CCCCCCC(CC)CC1CCCC(C)C(CCCCCC)C1. The zero-order chi connectivity index (χ0) is 17.6. The first-order valence-corrected chi connectivity index (χ1v) is 11.7. The molecule has 0 amide bonds. The van der Waals surface area contributed by atoms with Crippen LogP contribution in [0.1, 0.15) is 130 Å². The molecule has 1 fully saturated rings. The molecule has 0 N–H and O–H groups in total. The van der Waals surface area contributed by atoms with Crippen molar-refractivity contribution in [1.82, 2.24) is 0 Å². The summed E-state index contributed by atoms with van der Waals surface area (Å²) in [6.45, 7) is 9.64. The van der Waals surface area contributed by atoms with Gasteiger partial charge < -0.3 is 0 Å². The van der Waals surface area contributed by atoms with Crippen LogP contribution in [0.4, 0.5) is 0 Å². The number of hydrogen-bond acceptors (Lipinski definition) is 0. The van der Waals surface area contributed by atoms with Crippen molar-refractivity contribution in [3.63, 3.8) is 0 Å². The highest BCUT2D eigenvalue weighted by Gasteiger charge is 2.26. The normalized spacial score (nSPS) is 26.2. The second kappa shape index (κ2) is 14.2. The second-order valence-electron chi connectivity index (χ2n) is 8.98. The predicted octanol–water partition coefficient (Wildman–Crippen LogP) is 8.79. The van der Waals surface area contributed by atoms with Gasteiger partial charge in [0.1, 0.15) is 0 Å². The van der Waals surface area contributed by atoms with Crippen molar-refractivity contribution in [3.8, 4) is 0 Å². The molecule has 4 unspecified atom stereocenters. The van der Waals surface area contributed by atoms with Crippen LogP contribution in [-0.4, -0.2) is 0 Å². The summed E-state index contributed by atoms with van der Waals surface area (Å²) in [5.41, 5.74) is 0. The lowest BCUT2D eigenvalue weighted by Crippen LogP contribution is -2.15. The summed E-state index contributed by atoms with van der Waals surface area (Å²) in [7, 11) is 0. The van der Waals surface area contributed by atoms with Crippen molar-refractivity contribution in [3.05, 3.63) is 0 Å². The number of rotatable bonds is 13. The van der Waals surface area contributed by atoms with Crippen molar-refractivity contribution in [2.75, 3.05) is 0 Å². The number of hydrogen-bond donors (Lipinski definition) is 0. The van der Waals surface area contributed by atoms with E-state index in [4.69, 9.17) is 0 Å². The van der Waals surface area contributed by atoms with Gasteiger partial charge in [-0.25, -0.2) is 0 Å². The lowest BCUT2D eigenvalue weighted by atomic mass is 9.79. The van der Waals surface area contributed by atoms with Gasteiger partial charge in [0.05, 0.1) is 0 Å². The van der Waals surface area contributed by atoms with Gasteiger partial charge in [-0.05, 0) is 36.5 Å². The topological polar surface area (TPSA) is 0 Å². The smallest absolute Gasteiger partial charge is 0.0386 e. The molecule has 0 nitrogen and oxygen atoms in total. The third kappa shape index (κ3) is 9.47. The molecule has 0 aromatic heterocycles. The first kappa shape index (κ1) is 22.0. The molecule has 1 saturated carbocycles. The second-order valence-corrected chi connectivity index (χ2v) is 8.98. The average molecular weight is 337 g/mol. The summed E-state index contributed by atoms with van der Waals surface area (Å²) < 4.78 is 0. The molecule has 0 heterocycles. The molecule has 0 aliphatic heterocycles. The largest absolute Gasteiger partial charge is 0.0654 e. The molecule has 0 bridgehead atoms. The van der Waals surface area contributed by atoms with Crippen LogP contribution in [0.25, 0.3) is 0 Å². The van der Waals surface area contributed by atoms with Crippen LogP contribution >= 0.6 is 0 Å². The Morgan fingerprint density at radius 2 is 1.54 bits per heavy atom. The summed E-state index contributed by atoms with van der Waals surface area (Å²) in [5, 5.41) is 0. The van der Waals surface area contributed by atoms with Crippen LogP contribution < -0.4 is 0 Å². The highest BCUT2D eigenvalue weighted by atomic mass is 14.3. The van der Waals surface area contributed by atoms with Gasteiger partial charge in [-0.15, -0.1) is 0 Å². The zero-order valence-corrected chi connectivity index (χ0v) is 17.6. The van der Waals surface area contributed by atoms with E-state index in [9.17, 15) is 0 Å². The van der Waals surface area contributed by atoms with Crippen molar-refractivity contribution in [1.29, 1.82) is 0 Å². The van der Waals surface area contributed by atoms with Crippen LogP contribution in [0.5, 0.6) is 0 Å². The fraction of sp³-hybridized carbons (Fsp3) is 1.00.